The first kappa shape index (κ1) is 16.9. The van der Waals surface area contributed by atoms with Gasteiger partial charge in [0.15, 0.2) is 0 Å². The van der Waals surface area contributed by atoms with Crippen molar-refractivity contribution in [1.29, 1.82) is 0 Å². The predicted octanol–water partition coefficient (Wildman–Crippen LogP) is 4.44. The van der Waals surface area contributed by atoms with E-state index in [4.69, 9.17) is 10.5 Å². The Morgan fingerprint density at radius 2 is 1.70 bits per heavy atom. The van der Waals surface area contributed by atoms with Gasteiger partial charge in [0.05, 0.1) is 7.11 Å². The van der Waals surface area contributed by atoms with Crippen LogP contribution < -0.4 is 10.5 Å². The number of nitrogens with two attached hydrogens (primary N) is 1. The monoisotopic (exact) mass is 285 g/mol. The highest BCUT2D eigenvalue weighted by Gasteiger charge is 2.22. The third kappa shape index (κ3) is 4.75. The van der Waals surface area contributed by atoms with E-state index in [1.807, 2.05) is 0 Å². The first-order valence-electron chi connectivity index (χ1n) is 6.92. The predicted molar refractivity (Wildman–Crippen MR) is 77.7 cm³/mol. The van der Waals surface area contributed by atoms with E-state index in [0.717, 1.165) is 6.42 Å². The highest BCUT2D eigenvalue weighted by atomic mass is 19.1. The van der Waals surface area contributed by atoms with Crippen molar-refractivity contribution in [2.24, 2.45) is 17.1 Å². The average molecular weight is 285 g/mol. The molecule has 4 heteroatoms. The molecule has 0 saturated heterocycles. The van der Waals surface area contributed by atoms with Crippen LogP contribution in [0.2, 0.25) is 0 Å². The molecule has 0 aromatic heterocycles. The van der Waals surface area contributed by atoms with Crippen molar-refractivity contribution in [1.82, 2.24) is 0 Å². The lowest BCUT2D eigenvalue weighted by atomic mass is 9.82. The maximum atomic E-state index is 13.9. The van der Waals surface area contributed by atoms with Crippen molar-refractivity contribution >= 4 is 0 Å². The zero-order chi connectivity index (χ0) is 15.5. The van der Waals surface area contributed by atoms with Gasteiger partial charge in [-0.3, -0.25) is 0 Å². The normalized spacial score (nSPS) is 15.0. The molecule has 0 amide bonds. The molecule has 0 aliphatic carbocycles. The number of hydrogen-bond donors (Lipinski definition) is 1. The van der Waals surface area contributed by atoms with Crippen molar-refractivity contribution in [2.75, 3.05) is 7.11 Å². The van der Waals surface area contributed by atoms with E-state index < -0.39 is 17.7 Å². The highest BCUT2D eigenvalue weighted by molar-refractivity contribution is 5.32. The van der Waals surface area contributed by atoms with E-state index in [0.29, 0.717) is 12.3 Å². The van der Waals surface area contributed by atoms with Gasteiger partial charge < -0.3 is 10.5 Å². The van der Waals surface area contributed by atoms with Gasteiger partial charge in [-0.2, -0.15) is 0 Å². The maximum Gasteiger partial charge on any atom is 0.134 e. The third-order valence-electron chi connectivity index (χ3n) is 3.28. The van der Waals surface area contributed by atoms with Gasteiger partial charge in [-0.15, -0.1) is 0 Å². The summed E-state index contributed by atoms with van der Waals surface area (Å²) >= 11 is 0. The van der Waals surface area contributed by atoms with Crippen LogP contribution >= 0.6 is 0 Å². The number of benzene rings is 1. The molecule has 114 valence electrons. The number of halogens is 2. The van der Waals surface area contributed by atoms with Gasteiger partial charge in [0.1, 0.15) is 17.4 Å². The fourth-order valence-electron chi connectivity index (χ4n) is 2.71. The maximum absolute atomic E-state index is 13.9. The van der Waals surface area contributed by atoms with Crippen LogP contribution in [0.25, 0.3) is 0 Å². The molecular weight excluding hydrogens is 260 g/mol. The molecule has 2 atom stereocenters. The molecule has 0 saturated carbocycles. The van der Waals surface area contributed by atoms with Gasteiger partial charge in [0.25, 0.3) is 0 Å². The van der Waals surface area contributed by atoms with Crippen LogP contribution in [0, 0.1) is 23.0 Å². The van der Waals surface area contributed by atoms with E-state index >= 15 is 0 Å². The molecule has 20 heavy (non-hydrogen) atoms. The molecule has 2 unspecified atom stereocenters. The van der Waals surface area contributed by atoms with E-state index in [2.05, 4.69) is 27.7 Å². The van der Waals surface area contributed by atoms with Crippen molar-refractivity contribution in [3.63, 3.8) is 0 Å². The average Bonchev–Trinajstić information content (AvgIpc) is 2.24. The topological polar surface area (TPSA) is 35.2 Å². The summed E-state index contributed by atoms with van der Waals surface area (Å²) in [4.78, 5) is 0. The molecule has 0 aliphatic rings. The number of rotatable bonds is 5. The van der Waals surface area contributed by atoms with Crippen molar-refractivity contribution < 1.29 is 13.5 Å². The Labute approximate surface area is 120 Å². The van der Waals surface area contributed by atoms with Crippen LogP contribution in [-0.4, -0.2) is 7.11 Å². The second-order valence-electron chi connectivity index (χ2n) is 6.72. The van der Waals surface area contributed by atoms with E-state index in [1.165, 1.54) is 19.2 Å². The minimum Gasteiger partial charge on any atom is -0.497 e. The number of ether oxygens (including phenoxy) is 1. The van der Waals surface area contributed by atoms with Gasteiger partial charge in [0, 0.05) is 23.7 Å². The van der Waals surface area contributed by atoms with Crippen molar-refractivity contribution in [2.45, 2.75) is 46.6 Å². The summed E-state index contributed by atoms with van der Waals surface area (Å²) in [5.74, 6) is -0.820. The summed E-state index contributed by atoms with van der Waals surface area (Å²) < 4.78 is 32.7. The molecule has 0 aliphatic heterocycles. The Morgan fingerprint density at radius 1 is 1.20 bits per heavy atom. The van der Waals surface area contributed by atoms with Crippen molar-refractivity contribution in [3.8, 4) is 5.75 Å². The summed E-state index contributed by atoms with van der Waals surface area (Å²) in [5, 5.41) is 0. The SMILES string of the molecule is COc1cc(F)c(C(N)CC(C)CC(C)(C)C)c(F)c1. The molecule has 1 aromatic carbocycles. The molecule has 1 aromatic rings. The first-order chi connectivity index (χ1) is 9.14. The van der Waals surface area contributed by atoms with Gasteiger partial charge in [-0.05, 0) is 24.2 Å². The standard InChI is InChI=1S/C16H25F2NO/c1-10(9-16(2,3)4)6-14(19)15-12(17)7-11(20-5)8-13(15)18/h7-8,10,14H,6,9,19H2,1-5H3. The van der Waals surface area contributed by atoms with Crippen LogP contribution in [0.3, 0.4) is 0 Å². The Bertz CT molecular complexity index is 431. The van der Waals surface area contributed by atoms with Gasteiger partial charge in [0.2, 0.25) is 0 Å². The Morgan fingerprint density at radius 3 is 2.10 bits per heavy atom. The van der Waals surface area contributed by atoms with Gasteiger partial charge in [-0.25, -0.2) is 8.78 Å². The Balaban J connectivity index is 2.85. The summed E-state index contributed by atoms with van der Waals surface area (Å²) in [5.41, 5.74) is 6.11. The first-order valence-corrected chi connectivity index (χ1v) is 6.92. The Kier molecular flexibility index (Phi) is 5.51. The summed E-state index contributed by atoms with van der Waals surface area (Å²) in [6.07, 6.45) is 1.51. The zero-order valence-electron chi connectivity index (χ0n) is 13.0. The molecule has 0 bridgehead atoms. The fourth-order valence-corrected chi connectivity index (χ4v) is 2.71. The quantitative estimate of drug-likeness (QED) is 0.868. The van der Waals surface area contributed by atoms with Crippen LogP contribution in [0.5, 0.6) is 5.75 Å². The minimum atomic E-state index is -0.641. The molecule has 0 fully saturated rings. The van der Waals surface area contributed by atoms with Crippen LogP contribution in [-0.2, 0) is 0 Å². The summed E-state index contributed by atoms with van der Waals surface area (Å²) in [7, 11) is 1.37. The highest BCUT2D eigenvalue weighted by Crippen LogP contribution is 2.32. The number of hydrogen-bond acceptors (Lipinski definition) is 2. The van der Waals surface area contributed by atoms with E-state index in [1.54, 1.807) is 0 Å². The summed E-state index contributed by atoms with van der Waals surface area (Å²) in [6, 6.07) is 1.71. The summed E-state index contributed by atoms with van der Waals surface area (Å²) in [6.45, 7) is 8.49. The van der Waals surface area contributed by atoms with Crippen LogP contribution in [0.4, 0.5) is 8.78 Å². The Hall–Kier alpha value is -1.16. The second kappa shape index (κ2) is 6.53. The molecule has 0 radical (unpaired) electrons. The van der Waals surface area contributed by atoms with Gasteiger partial charge in [-0.1, -0.05) is 27.7 Å². The molecule has 0 heterocycles. The van der Waals surface area contributed by atoms with Crippen LogP contribution in [0.15, 0.2) is 12.1 Å². The molecule has 2 N–H and O–H groups in total. The zero-order valence-corrected chi connectivity index (χ0v) is 13.0. The smallest absolute Gasteiger partial charge is 0.134 e. The van der Waals surface area contributed by atoms with Crippen molar-refractivity contribution in [3.05, 3.63) is 29.3 Å². The molecule has 2 nitrogen and oxygen atoms in total. The van der Waals surface area contributed by atoms with Crippen LogP contribution in [0.1, 0.15) is 52.1 Å². The lowest BCUT2D eigenvalue weighted by Crippen LogP contribution is -2.20. The fraction of sp³-hybridized carbons (Fsp3) is 0.625. The lowest BCUT2D eigenvalue weighted by Gasteiger charge is -2.25. The van der Waals surface area contributed by atoms with Gasteiger partial charge >= 0.3 is 0 Å². The lowest BCUT2D eigenvalue weighted by molar-refractivity contribution is 0.284. The largest absolute Gasteiger partial charge is 0.497 e. The third-order valence-corrected chi connectivity index (χ3v) is 3.28. The molecule has 1 rings (SSSR count). The molecule has 0 spiro atoms. The second-order valence-corrected chi connectivity index (χ2v) is 6.72. The number of methoxy groups -OCH3 is 1. The molecular formula is C16H25F2NO. The van der Waals surface area contributed by atoms with E-state index in [9.17, 15) is 8.78 Å². The van der Waals surface area contributed by atoms with E-state index in [-0.39, 0.29) is 16.7 Å². The minimum absolute atomic E-state index is 0.0495.